The first kappa shape index (κ1) is 18.0. The molecule has 0 amide bonds. The molecule has 148 valence electrons. The number of carbonyl (C=O) groups is 1. The Kier molecular flexibility index (Phi) is 3.70. The lowest BCUT2D eigenvalue weighted by Gasteiger charge is -2.31. The van der Waals surface area contributed by atoms with E-state index in [1.807, 2.05) is 13.0 Å². The van der Waals surface area contributed by atoms with Crippen molar-refractivity contribution in [3.63, 3.8) is 0 Å². The second-order valence-corrected chi connectivity index (χ2v) is 7.52. The largest absolute Gasteiger partial charge is 0.458 e. The van der Waals surface area contributed by atoms with Gasteiger partial charge in [-0.3, -0.25) is 4.79 Å². The SMILES string of the molecule is CCc1cccc2c(F)c3c(nc12)-c1cc2c(c(=O)n1C3)COC(=O)[C@]2(O)CC. The van der Waals surface area contributed by atoms with E-state index in [-0.39, 0.29) is 36.5 Å². The molecule has 6 nitrogen and oxygen atoms in total. The molecule has 0 saturated carbocycles. The number of fused-ring (bicyclic) bond motifs is 5. The number of para-hydroxylation sites is 1. The first-order chi connectivity index (χ1) is 13.9. The van der Waals surface area contributed by atoms with Gasteiger partial charge in [-0.1, -0.05) is 26.0 Å². The van der Waals surface area contributed by atoms with Crippen molar-refractivity contribution in [2.24, 2.45) is 0 Å². The van der Waals surface area contributed by atoms with E-state index in [0.717, 1.165) is 5.56 Å². The molecular formula is C22H19FN2O4. The van der Waals surface area contributed by atoms with Crippen molar-refractivity contribution in [3.05, 3.63) is 62.7 Å². The molecule has 0 radical (unpaired) electrons. The zero-order chi connectivity index (χ0) is 20.5. The third-order valence-corrected chi connectivity index (χ3v) is 6.11. The molecule has 0 aliphatic carbocycles. The highest BCUT2D eigenvalue weighted by Gasteiger charge is 2.45. The van der Waals surface area contributed by atoms with E-state index in [4.69, 9.17) is 9.72 Å². The molecule has 7 heteroatoms. The fourth-order valence-electron chi connectivity index (χ4n) is 4.40. The molecule has 0 spiro atoms. The van der Waals surface area contributed by atoms with Gasteiger partial charge in [0.1, 0.15) is 12.4 Å². The molecule has 2 aliphatic heterocycles. The molecule has 2 aliphatic rings. The summed E-state index contributed by atoms with van der Waals surface area (Å²) in [5, 5.41) is 11.3. The lowest BCUT2D eigenvalue weighted by atomic mass is 9.86. The van der Waals surface area contributed by atoms with Crippen LogP contribution in [0.5, 0.6) is 0 Å². The number of cyclic esters (lactones) is 1. The third-order valence-electron chi connectivity index (χ3n) is 6.11. The van der Waals surface area contributed by atoms with E-state index in [9.17, 15) is 14.7 Å². The zero-order valence-corrected chi connectivity index (χ0v) is 16.1. The Morgan fingerprint density at radius 1 is 1.28 bits per heavy atom. The second kappa shape index (κ2) is 5.97. The number of carbonyl (C=O) groups excluding carboxylic acids is 1. The van der Waals surface area contributed by atoms with Gasteiger partial charge in [0, 0.05) is 16.5 Å². The Balaban J connectivity index is 1.84. The predicted octanol–water partition coefficient (Wildman–Crippen LogP) is 2.78. The van der Waals surface area contributed by atoms with E-state index in [1.165, 1.54) is 4.57 Å². The van der Waals surface area contributed by atoms with Crippen LogP contribution >= 0.6 is 0 Å². The number of pyridine rings is 2. The van der Waals surface area contributed by atoms with Gasteiger partial charge in [-0.25, -0.2) is 14.2 Å². The van der Waals surface area contributed by atoms with Crippen molar-refractivity contribution in [1.29, 1.82) is 0 Å². The molecule has 4 heterocycles. The van der Waals surface area contributed by atoms with Crippen LogP contribution in [-0.4, -0.2) is 20.6 Å². The summed E-state index contributed by atoms with van der Waals surface area (Å²) in [4.78, 5) is 30.1. The Hall–Kier alpha value is -3.06. The van der Waals surface area contributed by atoms with Gasteiger partial charge in [-0.15, -0.1) is 0 Å². The molecule has 1 N–H and O–H groups in total. The fraction of sp³-hybridized carbons (Fsp3) is 0.318. The molecule has 5 rings (SSSR count). The van der Waals surface area contributed by atoms with E-state index in [1.54, 1.807) is 25.1 Å². The van der Waals surface area contributed by atoms with Crippen LogP contribution in [-0.2, 0) is 34.7 Å². The summed E-state index contributed by atoms with van der Waals surface area (Å²) in [6.07, 6.45) is 0.759. The van der Waals surface area contributed by atoms with E-state index in [2.05, 4.69) is 0 Å². The standard InChI is InChI=1S/C22H19FN2O4/c1-3-11-6-5-7-12-17(23)13-9-25-16(19(13)24-18(11)12)8-15-14(20(25)26)10-29-21(27)22(15,28)4-2/h5-8,28H,3-4,9-10H2,1-2H3/t22-/m0/s1. The van der Waals surface area contributed by atoms with Crippen molar-refractivity contribution in [1.82, 2.24) is 9.55 Å². The quantitative estimate of drug-likeness (QED) is 0.529. The summed E-state index contributed by atoms with van der Waals surface area (Å²) in [6.45, 7) is 3.47. The first-order valence-corrected chi connectivity index (χ1v) is 9.67. The monoisotopic (exact) mass is 394 g/mol. The minimum atomic E-state index is -1.89. The van der Waals surface area contributed by atoms with Crippen molar-refractivity contribution in [2.45, 2.75) is 45.4 Å². The summed E-state index contributed by atoms with van der Waals surface area (Å²) >= 11 is 0. The van der Waals surface area contributed by atoms with Crippen LogP contribution in [0.4, 0.5) is 4.39 Å². The molecule has 2 aromatic heterocycles. The number of benzene rings is 1. The molecule has 1 aromatic carbocycles. The summed E-state index contributed by atoms with van der Waals surface area (Å²) in [5.74, 6) is -1.17. The molecule has 0 bridgehead atoms. The van der Waals surface area contributed by atoms with Crippen LogP contribution in [0.25, 0.3) is 22.3 Å². The van der Waals surface area contributed by atoms with Gasteiger partial charge in [0.2, 0.25) is 0 Å². The second-order valence-electron chi connectivity index (χ2n) is 7.52. The van der Waals surface area contributed by atoms with Crippen LogP contribution in [0.15, 0.2) is 29.1 Å². The highest BCUT2D eigenvalue weighted by Crippen LogP contribution is 2.40. The van der Waals surface area contributed by atoms with Crippen LogP contribution in [0.3, 0.4) is 0 Å². The highest BCUT2D eigenvalue weighted by molar-refractivity contribution is 5.88. The van der Waals surface area contributed by atoms with Gasteiger partial charge in [-0.2, -0.15) is 0 Å². The smallest absolute Gasteiger partial charge is 0.343 e. The minimum Gasteiger partial charge on any atom is -0.458 e. The molecular weight excluding hydrogens is 375 g/mol. The molecule has 0 saturated heterocycles. The predicted molar refractivity (Wildman–Crippen MR) is 104 cm³/mol. The number of ether oxygens (including phenoxy) is 1. The average Bonchev–Trinajstić information content (AvgIpc) is 3.10. The summed E-state index contributed by atoms with van der Waals surface area (Å²) in [6, 6.07) is 6.99. The van der Waals surface area contributed by atoms with Crippen molar-refractivity contribution in [2.75, 3.05) is 0 Å². The molecule has 0 fully saturated rings. The van der Waals surface area contributed by atoms with Gasteiger partial charge in [-0.05, 0) is 30.5 Å². The fourth-order valence-corrected chi connectivity index (χ4v) is 4.40. The Morgan fingerprint density at radius 2 is 2.07 bits per heavy atom. The van der Waals surface area contributed by atoms with E-state index in [0.29, 0.717) is 34.3 Å². The molecule has 0 unspecified atom stereocenters. The van der Waals surface area contributed by atoms with Crippen LogP contribution in [0.1, 0.15) is 42.5 Å². The number of halogens is 1. The summed E-state index contributed by atoms with van der Waals surface area (Å²) in [7, 11) is 0. The topological polar surface area (TPSA) is 81.4 Å². The van der Waals surface area contributed by atoms with Gasteiger partial charge in [0.15, 0.2) is 5.60 Å². The van der Waals surface area contributed by atoms with Crippen molar-refractivity contribution in [3.8, 4) is 11.4 Å². The van der Waals surface area contributed by atoms with Crippen LogP contribution in [0.2, 0.25) is 0 Å². The van der Waals surface area contributed by atoms with Crippen LogP contribution < -0.4 is 5.56 Å². The Labute approximate surface area is 165 Å². The number of hydrogen-bond acceptors (Lipinski definition) is 5. The van der Waals surface area contributed by atoms with E-state index >= 15 is 4.39 Å². The molecule has 1 atom stereocenters. The number of aliphatic hydroxyl groups is 1. The first-order valence-electron chi connectivity index (χ1n) is 9.67. The zero-order valence-electron chi connectivity index (χ0n) is 16.1. The maximum absolute atomic E-state index is 15.4. The number of aryl methyl sites for hydroxylation is 1. The Morgan fingerprint density at radius 3 is 2.79 bits per heavy atom. The van der Waals surface area contributed by atoms with Gasteiger partial charge < -0.3 is 14.4 Å². The van der Waals surface area contributed by atoms with Gasteiger partial charge in [0.05, 0.1) is 29.0 Å². The maximum Gasteiger partial charge on any atom is 0.343 e. The van der Waals surface area contributed by atoms with Gasteiger partial charge in [0.25, 0.3) is 5.56 Å². The minimum absolute atomic E-state index is 0.0560. The lowest BCUT2D eigenvalue weighted by molar-refractivity contribution is -0.172. The summed E-state index contributed by atoms with van der Waals surface area (Å²) in [5.41, 5.74) is 0.786. The molecule has 29 heavy (non-hydrogen) atoms. The molecule has 3 aromatic rings. The third kappa shape index (κ3) is 2.22. The maximum atomic E-state index is 15.4. The number of rotatable bonds is 2. The average molecular weight is 394 g/mol. The lowest BCUT2D eigenvalue weighted by Crippen LogP contribution is -2.44. The van der Waals surface area contributed by atoms with Crippen LogP contribution in [0, 0.1) is 5.82 Å². The number of nitrogens with zero attached hydrogens (tertiary/aromatic N) is 2. The Bertz CT molecular complexity index is 1280. The van der Waals surface area contributed by atoms with Crippen molar-refractivity contribution >= 4 is 16.9 Å². The van der Waals surface area contributed by atoms with Gasteiger partial charge >= 0.3 is 5.97 Å². The number of aromatic nitrogens is 2. The summed E-state index contributed by atoms with van der Waals surface area (Å²) < 4.78 is 21.9. The number of esters is 1. The van der Waals surface area contributed by atoms with E-state index < -0.39 is 17.1 Å². The normalized spacial score (nSPS) is 19.7. The number of hydrogen-bond donors (Lipinski definition) is 1. The highest BCUT2D eigenvalue weighted by atomic mass is 19.1. The van der Waals surface area contributed by atoms with Crippen molar-refractivity contribution < 1.29 is 19.0 Å².